The summed E-state index contributed by atoms with van der Waals surface area (Å²) in [5, 5.41) is 5.52. The predicted molar refractivity (Wildman–Crippen MR) is 31.7 cm³/mol. The first kappa shape index (κ1) is 17.6. The molecule has 0 fully saturated rings. The zero-order valence-electron chi connectivity index (χ0n) is 7.44. The zero-order chi connectivity index (χ0) is 14.8. The molecule has 0 unspecified atom stereocenters. The number of rotatable bonds is 6. The summed E-state index contributed by atoms with van der Waals surface area (Å²) in [7, 11) is 0. The van der Waals surface area contributed by atoms with Gasteiger partial charge in [0.15, 0.2) is 0 Å². The maximum atomic E-state index is 12.4. The Morgan fingerprint density at radius 1 is 0.778 bits per heavy atom. The quantitative estimate of drug-likeness (QED) is 0.326. The van der Waals surface area contributed by atoms with Crippen molar-refractivity contribution >= 4 is 12.0 Å². The highest BCUT2D eigenvalue weighted by atomic mass is 32.2. The highest BCUT2D eigenvalue weighted by molar-refractivity contribution is 7.95. The van der Waals surface area contributed by atoms with Crippen molar-refractivity contribution in [2.75, 3.05) is 0 Å². The van der Waals surface area contributed by atoms with Crippen LogP contribution in [0, 0.1) is 0 Å². The van der Waals surface area contributed by atoms with E-state index in [0.717, 1.165) is 0 Å². The highest BCUT2D eigenvalue weighted by Crippen LogP contribution is 2.49. The van der Waals surface area contributed by atoms with E-state index in [2.05, 4.69) is 9.37 Å². The summed E-state index contributed by atoms with van der Waals surface area (Å²) < 4.78 is 112. The van der Waals surface area contributed by atoms with E-state index in [-0.39, 0.29) is 0 Å². The number of halogens is 9. The van der Waals surface area contributed by atoms with Crippen molar-refractivity contribution in [1.29, 1.82) is 0 Å². The first-order valence-electron chi connectivity index (χ1n) is 3.31. The number of hydrogen-bond donors (Lipinski definition) is 0. The van der Waals surface area contributed by atoms with Gasteiger partial charge in [0.2, 0.25) is 0 Å². The van der Waals surface area contributed by atoms with E-state index >= 15 is 0 Å². The van der Waals surface area contributed by atoms with Gasteiger partial charge in [-0.05, 0) is 0 Å². The number of hydrogen-bond acceptors (Lipinski definition) is 5. The Morgan fingerprint density at radius 3 is 1.56 bits per heavy atom. The fourth-order valence-corrected chi connectivity index (χ4v) is 0.635. The molecule has 0 aromatic rings. The minimum Gasteiger partial charge on any atom is -0.691 e. The van der Waals surface area contributed by atoms with Crippen LogP contribution in [0.3, 0.4) is 0 Å². The molecule has 0 N–H and O–H groups in total. The first-order chi connectivity index (χ1) is 7.77. The van der Waals surface area contributed by atoms with Crippen molar-refractivity contribution in [1.82, 2.24) is 0 Å². The normalized spacial score (nSPS) is 15.0. The van der Waals surface area contributed by atoms with Crippen LogP contribution in [0.2, 0.25) is 0 Å². The van der Waals surface area contributed by atoms with E-state index in [9.17, 15) is 39.5 Å². The lowest BCUT2D eigenvalue weighted by molar-refractivity contribution is -0.777. The van der Waals surface area contributed by atoms with Gasteiger partial charge in [0.05, 0.1) is 0 Å². The Hall–Kier alpha value is -0.440. The van der Waals surface area contributed by atoms with Crippen LogP contribution in [0.5, 0.6) is 0 Å². The van der Waals surface area contributed by atoms with Crippen LogP contribution in [0.4, 0.5) is 39.5 Å². The van der Waals surface area contributed by atoms with Crippen LogP contribution >= 0.6 is 12.0 Å². The molecule has 18 heavy (non-hydrogen) atoms. The van der Waals surface area contributed by atoms with Crippen LogP contribution < -0.4 is 5.26 Å². The second kappa shape index (κ2) is 5.28. The first-order valence-corrected chi connectivity index (χ1v) is 4.05. The largest absolute Gasteiger partial charge is 0.691 e. The van der Waals surface area contributed by atoms with Crippen LogP contribution in [0.15, 0.2) is 0 Å². The van der Waals surface area contributed by atoms with Crippen molar-refractivity contribution in [3.8, 4) is 0 Å². The highest BCUT2D eigenvalue weighted by Gasteiger charge is 2.71. The molecule has 0 aliphatic rings. The van der Waals surface area contributed by atoms with Crippen LogP contribution in [0.25, 0.3) is 0 Å². The van der Waals surface area contributed by atoms with Crippen LogP contribution in [-0.4, -0.2) is 23.6 Å². The third-order valence-electron chi connectivity index (χ3n) is 1.09. The number of ether oxygens (including phenoxy) is 1. The third kappa shape index (κ3) is 4.04. The molecule has 0 radical (unpaired) electrons. The Kier molecular flexibility index (Phi) is 5.15. The van der Waals surface area contributed by atoms with Gasteiger partial charge in [0.1, 0.15) is 12.0 Å². The molecule has 0 saturated carbocycles. The Labute approximate surface area is 95.6 Å². The SMILES string of the molecule is [O-]OOSC(F)(F)C(F)(F)OC(F)(F)C(F)(F)F. The van der Waals surface area contributed by atoms with E-state index in [1.165, 1.54) is 0 Å². The summed E-state index contributed by atoms with van der Waals surface area (Å²) in [6.45, 7) is 0. The average Bonchev–Trinajstić information content (AvgIpc) is 2.10. The fraction of sp³-hybridized carbons (Fsp3) is 1.00. The van der Waals surface area contributed by atoms with Crippen molar-refractivity contribution in [3.63, 3.8) is 0 Å². The van der Waals surface area contributed by atoms with Gasteiger partial charge < -0.3 is 5.26 Å². The van der Waals surface area contributed by atoms with E-state index in [1.807, 2.05) is 0 Å². The molecule has 0 aliphatic heterocycles. The molecule has 0 amide bonds. The van der Waals surface area contributed by atoms with Crippen molar-refractivity contribution in [2.24, 2.45) is 0 Å². The summed E-state index contributed by atoms with van der Waals surface area (Å²) in [5.74, 6) is 0. The van der Waals surface area contributed by atoms with E-state index in [1.54, 1.807) is 4.74 Å². The van der Waals surface area contributed by atoms with Gasteiger partial charge in [0.25, 0.3) is 0 Å². The zero-order valence-corrected chi connectivity index (χ0v) is 8.26. The van der Waals surface area contributed by atoms with E-state index in [4.69, 9.17) is 5.26 Å². The maximum Gasteiger partial charge on any atom is 0.483 e. The summed E-state index contributed by atoms with van der Waals surface area (Å²) in [6.07, 6.45) is -19.5. The topological polar surface area (TPSA) is 50.8 Å². The molecule has 0 atom stereocenters. The fourth-order valence-electron chi connectivity index (χ4n) is 0.383. The summed E-state index contributed by atoms with van der Waals surface area (Å²) in [4.78, 5) is 0. The second-order valence-corrected chi connectivity index (χ2v) is 3.19. The van der Waals surface area contributed by atoms with Gasteiger partial charge in [-0.3, -0.25) is 5.04 Å². The van der Waals surface area contributed by atoms with Gasteiger partial charge in [0, 0.05) is 0 Å². The molecule has 0 aliphatic carbocycles. The summed E-state index contributed by atoms with van der Waals surface area (Å²) in [5.41, 5.74) is 0. The molecule has 4 nitrogen and oxygen atoms in total. The van der Waals surface area contributed by atoms with E-state index in [0.29, 0.717) is 0 Å². The van der Waals surface area contributed by atoms with Gasteiger partial charge in [-0.15, -0.1) is 0 Å². The third-order valence-corrected chi connectivity index (χ3v) is 1.66. The molecule has 0 saturated heterocycles. The van der Waals surface area contributed by atoms with Gasteiger partial charge in [-0.25, -0.2) is 4.74 Å². The molecule has 0 rings (SSSR count). The van der Waals surface area contributed by atoms with Gasteiger partial charge in [-0.2, -0.15) is 43.8 Å². The Morgan fingerprint density at radius 2 is 1.22 bits per heavy atom. The van der Waals surface area contributed by atoms with Crippen LogP contribution in [0.1, 0.15) is 0 Å². The summed E-state index contributed by atoms with van der Waals surface area (Å²) in [6, 6.07) is 0. The molecule has 0 aromatic carbocycles. The lowest BCUT2D eigenvalue weighted by Crippen LogP contribution is -2.50. The monoisotopic (exact) mass is 315 g/mol. The standard InChI is InChI=1S/C4HF9O4S/c5-1(6,7)2(8,9)15-3(10,11)4(12,13)18-17-16-14/h14H/p-1. The summed E-state index contributed by atoms with van der Waals surface area (Å²) >= 11 is -1.81. The van der Waals surface area contributed by atoms with Crippen molar-refractivity contribution < 1.29 is 58.9 Å². The predicted octanol–water partition coefficient (Wildman–Crippen LogP) is 2.22. The Balaban J connectivity index is 4.94. The average molecular weight is 315 g/mol. The minimum atomic E-state index is -6.65. The number of alkyl halides is 9. The van der Waals surface area contributed by atoms with Crippen molar-refractivity contribution in [3.05, 3.63) is 0 Å². The molecule has 0 spiro atoms. The molecule has 0 aromatic heterocycles. The van der Waals surface area contributed by atoms with E-state index < -0.39 is 35.7 Å². The maximum absolute atomic E-state index is 12.4. The lowest BCUT2D eigenvalue weighted by atomic mass is 10.5. The second-order valence-electron chi connectivity index (χ2n) is 2.37. The molecular formula is C4F9O4S-. The molecule has 110 valence electrons. The Bertz CT molecular complexity index is 278. The molecule has 0 bridgehead atoms. The minimum absolute atomic E-state index is 1.75. The smallest absolute Gasteiger partial charge is 0.483 e. The molecule has 14 heteroatoms. The van der Waals surface area contributed by atoms with Crippen molar-refractivity contribution in [2.45, 2.75) is 23.6 Å². The van der Waals surface area contributed by atoms with Crippen LogP contribution in [-0.2, 0) is 14.1 Å². The van der Waals surface area contributed by atoms with Gasteiger partial charge >= 0.3 is 23.6 Å². The van der Waals surface area contributed by atoms with Gasteiger partial charge in [-0.1, -0.05) is 0 Å². The molecule has 0 heterocycles. The molecular weight excluding hydrogens is 315 g/mol. The lowest BCUT2D eigenvalue weighted by Gasteiger charge is -2.28.